The number of esters is 1. The number of hydrogen-bond acceptors (Lipinski definition) is 4. The first-order valence-electron chi connectivity index (χ1n) is 6.23. The largest absolute Gasteiger partial charge is 0.467 e. The minimum Gasteiger partial charge on any atom is -0.467 e. The summed E-state index contributed by atoms with van der Waals surface area (Å²) in [7, 11) is 1.32. The number of benzene rings is 1. The van der Waals surface area contributed by atoms with Gasteiger partial charge in [0, 0.05) is 6.54 Å². The predicted molar refractivity (Wildman–Crippen MR) is 68.3 cm³/mol. The maximum Gasteiger partial charge on any atom is 0.337 e. The summed E-state index contributed by atoms with van der Waals surface area (Å²) in [6.07, 6.45) is -0.773. The second-order valence-electron chi connectivity index (χ2n) is 4.29. The van der Waals surface area contributed by atoms with Crippen LogP contribution in [0.1, 0.15) is 18.5 Å². The zero-order chi connectivity index (χ0) is 13.8. The van der Waals surface area contributed by atoms with E-state index >= 15 is 0 Å². The highest BCUT2D eigenvalue weighted by atomic mass is 16.6. The Morgan fingerprint density at radius 2 is 2.11 bits per heavy atom. The first-order chi connectivity index (χ1) is 9.19. The van der Waals surface area contributed by atoms with Gasteiger partial charge in [-0.2, -0.15) is 0 Å². The molecule has 0 radical (unpaired) electrons. The summed E-state index contributed by atoms with van der Waals surface area (Å²) in [4.78, 5) is 25.4. The molecule has 1 saturated heterocycles. The van der Waals surface area contributed by atoms with E-state index in [0.717, 1.165) is 5.56 Å². The fraction of sp³-hybridized carbons (Fsp3) is 0.429. The third kappa shape index (κ3) is 2.61. The first-order valence-corrected chi connectivity index (χ1v) is 6.23. The topological polar surface area (TPSA) is 55.8 Å². The van der Waals surface area contributed by atoms with Crippen molar-refractivity contribution >= 4 is 11.9 Å². The van der Waals surface area contributed by atoms with Crippen molar-refractivity contribution in [3.8, 4) is 0 Å². The maximum atomic E-state index is 11.9. The SMILES string of the molecule is CCN1C(=O)CO[C@H](C(=O)OC)[C@H]1c1ccccc1. The van der Waals surface area contributed by atoms with E-state index < -0.39 is 18.1 Å². The van der Waals surface area contributed by atoms with E-state index in [4.69, 9.17) is 9.47 Å². The Balaban J connectivity index is 2.39. The minimum absolute atomic E-state index is 0.0864. The first kappa shape index (κ1) is 13.5. The molecule has 5 heteroatoms. The lowest BCUT2D eigenvalue weighted by atomic mass is 9.98. The lowest BCUT2D eigenvalue weighted by Gasteiger charge is -2.39. The number of methoxy groups -OCH3 is 1. The summed E-state index contributed by atoms with van der Waals surface area (Å²) >= 11 is 0. The Morgan fingerprint density at radius 1 is 1.42 bits per heavy atom. The zero-order valence-electron chi connectivity index (χ0n) is 11.0. The van der Waals surface area contributed by atoms with Crippen molar-refractivity contribution in [2.75, 3.05) is 20.3 Å². The number of rotatable bonds is 3. The van der Waals surface area contributed by atoms with E-state index in [0.29, 0.717) is 6.54 Å². The third-order valence-corrected chi connectivity index (χ3v) is 3.24. The molecule has 2 atom stereocenters. The van der Waals surface area contributed by atoms with Crippen LogP contribution in [0.2, 0.25) is 0 Å². The monoisotopic (exact) mass is 263 g/mol. The minimum atomic E-state index is -0.773. The van der Waals surface area contributed by atoms with Crippen molar-refractivity contribution in [1.29, 1.82) is 0 Å². The van der Waals surface area contributed by atoms with E-state index in [-0.39, 0.29) is 12.5 Å². The fourth-order valence-corrected chi connectivity index (χ4v) is 2.34. The van der Waals surface area contributed by atoms with Crippen LogP contribution >= 0.6 is 0 Å². The molecule has 0 bridgehead atoms. The van der Waals surface area contributed by atoms with Gasteiger partial charge in [-0.3, -0.25) is 4.79 Å². The molecule has 0 aliphatic carbocycles. The fourth-order valence-electron chi connectivity index (χ4n) is 2.34. The number of amides is 1. The molecule has 1 aromatic rings. The molecule has 0 spiro atoms. The van der Waals surface area contributed by atoms with Gasteiger partial charge in [0.2, 0.25) is 5.91 Å². The number of ether oxygens (including phenoxy) is 2. The van der Waals surface area contributed by atoms with Gasteiger partial charge in [-0.05, 0) is 12.5 Å². The third-order valence-electron chi connectivity index (χ3n) is 3.24. The Labute approximate surface area is 112 Å². The van der Waals surface area contributed by atoms with Crippen molar-refractivity contribution in [1.82, 2.24) is 4.90 Å². The average Bonchev–Trinajstić information content (AvgIpc) is 2.47. The van der Waals surface area contributed by atoms with Gasteiger partial charge in [0.25, 0.3) is 0 Å². The van der Waals surface area contributed by atoms with Gasteiger partial charge in [0.05, 0.1) is 13.2 Å². The molecule has 1 aliphatic rings. The number of nitrogens with zero attached hydrogens (tertiary/aromatic N) is 1. The lowest BCUT2D eigenvalue weighted by Crippen LogP contribution is -2.51. The van der Waals surface area contributed by atoms with Crippen molar-refractivity contribution in [3.63, 3.8) is 0 Å². The summed E-state index contributed by atoms with van der Waals surface area (Å²) < 4.78 is 10.1. The Bertz CT molecular complexity index is 460. The van der Waals surface area contributed by atoms with Crippen LogP contribution in [-0.2, 0) is 19.1 Å². The molecule has 19 heavy (non-hydrogen) atoms. The van der Waals surface area contributed by atoms with Gasteiger partial charge < -0.3 is 14.4 Å². The standard InChI is InChI=1S/C14H17NO4/c1-3-15-11(16)9-19-13(14(17)18-2)12(15)10-7-5-4-6-8-10/h4-8,12-13H,3,9H2,1-2H3/t12-,13+/m1/s1. The summed E-state index contributed by atoms with van der Waals surface area (Å²) in [6.45, 7) is 2.32. The Kier molecular flexibility index (Phi) is 4.16. The van der Waals surface area contributed by atoms with Crippen molar-refractivity contribution in [2.24, 2.45) is 0 Å². The lowest BCUT2D eigenvalue weighted by molar-refractivity contribution is -0.175. The quantitative estimate of drug-likeness (QED) is 0.768. The highest BCUT2D eigenvalue weighted by molar-refractivity contribution is 5.83. The van der Waals surface area contributed by atoms with E-state index in [1.807, 2.05) is 37.3 Å². The highest BCUT2D eigenvalue weighted by Gasteiger charge is 2.41. The average molecular weight is 263 g/mol. The maximum absolute atomic E-state index is 11.9. The summed E-state index contributed by atoms with van der Waals surface area (Å²) in [5.41, 5.74) is 0.868. The highest BCUT2D eigenvalue weighted by Crippen LogP contribution is 2.30. The van der Waals surface area contributed by atoms with Gasteiger partial charge in [0.15, 0.2) is 6.10 Å². The number of carbonyl (C=O) groups excluding carboxylic acids is 2. The van der Waals surface area contributed by atoms with Gasteiger partial charge in [0.1, 0.15) is 6.61 Å². The Hall–Kier alpha value is -1.88. The van der Waals surface area contributed by atoms with Gasteiger partial charge in [-0.1, -0.05) is 30.3 Å². The molecular weight excluding hydrogens is 246 g/mol. The van der Waals surface area contributed by atoms with E-state index in [2.05, 4.69) is 0 Å². The summed E-state index contributed by atoms with van der Waals surface area (Å²) in [5, 5.41) is 0. The molecule has 0 aromatic heterocycles. The molecule has 0 saturated carbocycles. The molecule has 1 aliphatic heterocycles. The zero-order valence-corrected chi connectivity index (χ0v) is 11.0. The molecule has 0 unspecified atom stereocenters. The smallest absolute Gasteiger partial charge is 0.337 e. The van der Waals surface area contributed by atoms with E-state index in [1.54, 1.807) is 4.90 Å². The predicted octanol–water partition coefficient (Wildman–Crippen LogP) is 1.15. The molecule has 1 aromatic carbocycles. The molecule has 1 fully saturated rings. The van der Waals surface area contributed by atoms with Crippen molar-refractivity contribution in [2.45, 2.75) is 19.1 Å². The molecular formula is C14H17NO4. The van der Waals surface area contributed by atoms with Crippen molar-refractivity contribution < 1.29 is 19.1 Å². The Morgan fingerprint density at radius 3 is 2.68 bits per heavy atom. The van der Waals surface area contributed by atoms with Crippen molar-refractivity contribution in [3.05, 3.63) is 35.9 Å². The van der Waals surface area contributed by atoms with Crippen LogP contribution in [-0.4, -0.2) is 43.1 Å². The van der Waals surface area contributed by atoms with Gasteiger partial charge in [-0.25, -0.2) is 4.79 Å². The van der Waals surface area contributed by atoms with Gasteiger partial charge in [-0.15, -0.1) is 0 Å². The molecule has 102 valence electrons. The molecule has 5 nitrogen and oxygen atoms in total. The number of morpholine rings is 1. The summed E-state index contributed by atoms with van der Waals surface area (Å²) in [6, 6.07) is 8.96. The second kappa shape index (κ2) is 5.84. The van der Waals surface area contributed by atoms with Gasteiger partial charge >= 0.3 is 5.97 Å². The number of likely N-dealkylation sites (N-methyl/N-ethyl adjacent to an activating group) is 1. The van der Waals surface area contributed by atoms with Crippen LogP contribution in [0, 0.1) is 0 Å². The summed E-state index contributed by atoms with van der Waals surface area (Å²) in [5.74, 6) is -0.573. The number of carbonyl (C=O) groups is 2. The van der Waals surface area contributed by atoms with Crippen LogP contribution < -0.4 is 0 Å². The van der Waals surface area contributed by atoms with Crippen LogP contribution in [0.4, 0.5) is 0 Å². The molecule has 1 amide bonds. The molecule has 1 heterocycles. The molecule has 2 rings (SSSR count). The van der Waals surface area contributed by atoms with Crippen LogP contribution in [0.3, 0.4) is 0 Å². The van der Waals surface area contributed by atoms with Crippen LogP contribution in [0.25, 0.3) is 0 Å². The second-order valence-corrected chi connectivity index (χ2v) is 4.29. The molecule has 0 N–H and O–H groups in total. The van der Waals surface area contributed by atoms with Crippen LogP contribution in [0.15, 0.2) is 30.3 Å². The van der Waals surface area contributed by atoms with E-state index in [9.17, 15) is 9.59 Å². The normalized spacial score (nSPS) is 23.3. The number of hydrogen-bond donors (Lipinski definition) is 0. The van der Waals surface area contributed by atoms with E-state index in [1.165, 1.54) is 7.11 Å². The van der Waals surface area contributed by atoms with Crippen LogP contribution in [0.5, 0.6) is 0 Å².